The van der Waals surface area contributed by atoms with Gasteiger partial charge in [-0.2, -0.15) is 0 Å². The SMILES string of the molecule is COc1cc(C(=O)N[C@@H](C)C(=O)NN)cc(OC)c1OC. The van der Waals surface area contributed by atoms with Crippen LogP contribution in [0.1, 0.15) is 17.3 Å². The van der Waals surface area contributed by atoms with E-state index in [9.17, 15) is 9.59 Å². The minimum atomic E-state index is -0.776. The first-order valence-corrected chi connectivity index (χ1v) is 6.09. The van der Waals surface area contributed by atoms with Crippen LogP contribution in [-0.4, -0.2) is 39.2 Å². The highest BCUT2D eigenvalue weighted by Gasteiger charge is 2.20. The fraction of sp³-hybridized carbons (Fsp3) is 0.385. The Balaban J connectivity index is 3.07. The molecule has 1 aromatic carbocycles. The Morgan fingerprint density at radius 3 is 2.00 bits per heavy atom. The second-order valence-corrected chi connectivity index (χ2v) is 4.12. The van der Waals surface area contributed by atoms with E-state index in [1.54, 1.807) is 0 Å². The molecular weight excluding hydrogens is 278 g/mol. The molecule has 0 heterocycles. The van der Waals surface area contributed by atoms with Gasteiger partial charge < -0.3 is 19.5 Å². The van der Waals surface area contributed by atoms with Crippen molar-refractivity contribution in [2.24, 2.45) is 5.84 Å². The second kappa shape index (κ2) is 7.34. The van der Waals surface area contributed by atoms with Crippen LogP contribution >= 0.6 is 0 Å². The quantitative estimate of drug-likeness (QED) is 0.381. The van der Waals surface area contributed by atoms with E-state index in [2.05, 4.69) is 5.32 Å². The predicted molar refractivity (Wildman–Crippen MR) is 75.4 cm³/mol. The number of nitrogens with one attached hydrogen (secondary N) is 2. The first kappa shape index (κ1) is 16.6. The summed E-state index contributed by atoms with van der Waals surface area (Å²) in [6, 6.07) is 2.20. The number of hydrogen-bond acceptors (Lipinski definition) is 6. The Kier molecular flexibility index (Phi) is 5.79. The molecule has 8 nitrogen and oxygen atoms in total. The molecule has 0 spiro atoms. The maximum atomic E-state index is 12.1. The lowest BCUT2D eigenvalue weighted by Crippen LogP contribution is -2.47. The van der Waals surface area contributed by atoms with Crippen LogP contribution in [0.15, 0.2) is 12.1 Å². The van der Waals surface area contributed by atoms with Crippen LogP contribution in [0.25, 0.3) is 0 Å². The Hall–Kier alpha value is -2.48. The van der Waals surface area contributed by atoms with Gasteiger partial charge in [0.15, 0.2) is 11.5 Å². The molecule has 0 saturated carbocycles. The molecule has 1 atom stereocenters. The van der Waals surface area contributed by atoms with Crippen LogP contribution in [-0.2, 0) is 4.79 Å². The normalized spacial score (nSPS) is 11.3. The summed E-state index contributed by atoms with van der Waals surface area (Å²) >= 11 is 0. The number of carbonyl (C=O) groups excluding carboxylic acids is 2. The van der Waals surface area contributed by atoms with Gasteiger partial charge in [0.2, 0.25) is 5.75 Å². The van der Waals surface area contributed by atoms with Crippen molar-refractivity contribution in [3.8, 4) is 17.2 Å². The molecule has 0 radical (unpaired) electrons. The van der Waals surface area contributed by atoms with Crippen LogP contribution in [0.4, 0.5) is 0 Å². The van der Waals surface area contributed by atoms with Gasteiger partial charge in [-0.3, -0.25) is 15.0 Å². The first-order valence-electron chi connectivity index (χ1n) is 6.09. The lowest BCUT2D eigenvalue weighted by Gasteiger charge is -2.15. The van der Waals surface area contributed by atoms with E-state index in [0.717, 1.165) is 0 Å². The summed E-state index contributed by atoms with van der Waals surface area (Å²) in [4.78, 5) is 23.4. The maximum absolute atomic E-state index is 12.1. The fourth-order valence-electron chi connectivity index (χ4n) is 1.68. The number of nitrogens with two attached hydrogens (primary N) is 1. The smallest absolute Gasteiger partial charge is 0.256 e. The molecular formula is C13H19N3O5. The molecule has 8 heteroatoms. The largest absolute Gasteiger partial charge is 0.493 e. The zero-order valence-electron chi connectivity index (χ0n) is 12.4. The first-order chi connectivity index (χ1) is 9.98. The molecule has 0 aliphatic heterocycles. The van der Waals surface area contributed by atoms with Gasteiger partial charge in [0, 0.05) is 5.56 Å². The summed E-state index contributed by atoms with van der Waals surface area (Å²) in [5.74, 6) is 5.11. The van der Waals surface area contributed by atoms with Crippen LogP contribution in [0.3, 0.4) is 0 Å². The topological polar surface area (TPSA) is 112 Å². The average molecular weight is 297 g/mol. The predicted octanol–water partition coefficient (Wildman–Crippen LogP) is -0.179. The van der Waals surface area contributed by atoms with Gasteiger partial charge >= 0.3 is 0 Å². The molecule has 0 aliphatic rings. The van der Waals surface area contributed by atoms with Crippen molar-refractivity contribution < 1.29 is 23.8 Å². The number of carbonyl (C=O) groups is 2. The number of methoxy groups -OCH3 is 3. The Bertz CT molecular complexity index is 508. The van der Waals surface area contributed by atoms with Crippen molar-refractivity contribution >= 4 is 11.8 Å². The van der Waals surface area contributed by atoms with Gasteiger partial charge in [-0.05, 0) is 19.1 Å². The minimum Gasteiger partial charge on any atom is -0.493 e. The van der Waals surface area contributed by atoms with Gasteiger partial charge in [-0.1, -0.05) is 0 Å². The van der Waals surface area contributed by atoms with E-state index in [1.165, 1.54) is 40.4 Å². The molecule has 1 aromatic rings. The third-order valence-electron chi connectivity index (χ3n) is 2.81. The van der Waals surface area contributed by atoms with E-state index in [-0.39, 0.29) is 5.56 Å². The lowest BCUT2D eigenvalue weighted by molar-refractivity contribution is -0.122. The summed E-state index contributed by atoms with van der Waals surface area (Å²) < 4.78 is 15.5. The van der Waals surface area contributed by atoms with Crippen molar-refractivity contribution in [3.63, 3.8) is 0 Å². The number of ether oxygens (including phenoxy) is 3. The molecule has 4 N–H and O–H groups in total. The number of hydrogen-bond donors (Lipinski definition) is 3. The zero-order chi connectivity index (χ0) is 16.0. The van der Waals surface area contributed by atoms with Crippen molar-refractivity contribution in [2.45, 2.75) is 13.0 Å². The van der Waals surface area contributed by atoms with E-state index in [0.29, 0.717) is 17.2 Å². The number of benzene rings is 1. The number of rotatable bonds is 6. The molecule has 21 heavy (non-hydrogen) atoms. The maximum Gasteiger partial charge on any atom is 0.256 e. The molecule has 0 bridgehead atoms. The highest BCUT2D eigenvalue weighted by Crippen LogP contribution is 2.38. The van der Waals surface area contributed by atoms with Crippen LogP contribution in [0.5, 0.6) is 17.2 Å². The summed E-state index contributed by atoms with van der Waals surface area (Å²) in [5.41, 5.74) is 2.23. The summed E-state index contributed by atoms with van der Waals surface area (Å²) in [5, 5.41) is 2.50. The Morgan fingerprint density at radius 1 is 1.10 bits per heavy atom. The molecule has 0 unspecified atom stereocenters. The van der Waals surface area contributed by atoms with Crippen molar-refractivity contribution in [2.75, 3.05) is 21.3 Å². The molecule has 2 amide bonds. The van der Waals surface area contributed by atoms with Crippen LogP contribution in [0, 0.1) is 0 Å². The Morgan fingerprint density at radius 2 is 1.62 bits per heavy atom. The van der Waals surface area contributed by atoms with E-state index in [4.69, 9.17) is 20.1 Å². The highest BCUT2D eigenvalue weighted by molar-refractivity contribution is 5.98. The van der Waals surface area contributed by atoms with E-state index < -0.39 is 17.9 Å². The van der Waals surface area contributed by atoms with Gasteiger partial charge in [0.05, 0.1) is 21.3 Å². The third-order valence-corrected chi connectivity index (χ3v) is 2.81. The molecule has 0 aromatic heterocycles. The van der Waals surface area contributed by atoms with Gasteiger partial charge in [-0.15, -0.1) is 0 Å². The highest BCUT2D eigenvalue weighted by atomic mass is 16.5. The van der Waals surface area contributed by atoms with Crippen molar-refractivity contribution in [1.82, 2.24) is 10.7 Å². The van der Waals surface area contributed by atoms with E-state index >= 15 is 0 Å². The monoisotopic (exact) mass is 297 g/mol. The van der Waals surface area contributed by atoms with Crippen LogP contribution < -0.4 is 30.8 Å². The molecule has 0 saturated heterocycles. The molecule has 116 valence electrons. The van der Waals surface area contributed by atoms with Gasteiger partial charge in [0.1, 0.15) is 6.04 Å². The number of amides is 2. The summed E-state index contributed by atoms with van der Waals surface area (Å²) in [6.45, 7) is 1.51. The standard InChI is InChI=1S/C13H19N3O5/c1-7(12(17)16-14)15-13(18)8-5-9(19-2)11(21-4)10(6-8)20-3/h5-7H,14H2,1-4H3,(H,15,18)(H,16,17)/t7-/m0/s1. The van der Waals surface area contributed by atoms with Gasteiger partial charge in [-0.25, -0.2) is 5.84 Å². The van der Waals surface area contributed by atoms with Crippen molar-refractivity contribution in [3.05, 3.63) is 17.7 Å². The molecule has 0 fully saturated rings. The third kappa shape index (κ3) is 3.76. The zero-order valence-corrected chi connectivity index (χ0v) is 12.4. The van der Waals surface area contributed by atoms with E-state index in [1.807, 2.05) is 5.43 Å². The van der Waals surface area contributed by atoms with Gasteiger partial charge in [0.25, 0.3) is 11.8 Å². The lowest BCUT2D eigenvalue weighted by atomic mass is 10.1. The fourth-order valence-corrected chi connectivity index (χ4v) is 1.68. The van der Waals surface area contributed by atoms with Crippen molar-refractivity contribution in [1.29, 1.82) is 0 Å². The second-order valence-electron chi connectivity index (χ2n) is 4.12. The summed E-state index contributed by atoms with van der Waals surface area (Å²) in [7, 11) is 4.36. The molecule has 1 rings (SSSR count). The minimum absolute atomic E-state index is 0.265. The number of hydrazine groups is 1. The summed E-state index contributed by atoms with van der Waals surface area (Å²) in [6.07, 6.45) is 0. The molecule has 0 aliphatic carbocycles. The van der Waals surface area contributed by atoms with Crippen LogP contribution in [0.2, 0.25) is 0 Å². The average Bonchev–Trinajstić information content (AvgIpc) is 2.51. The Labute approximate surface area is 122 Å².